The van der Waals surface area contributed by atoms with E-state index in [1.807, 2.05) is 109 Å². The topological polar surface area (TPSA) is 142 Å². The first kappa shape index (κ1) is 61.1. The molecular weight excluding hydrogens is 1100 g/mol. The first-order valence-electron chi connectivity index (χ1n) is 25.1. The molecule has 0 heterocycles. The molecule has 416 valence electrons. The van der Waals surface area contributed by atoms with Crippen molar-refractivity contribution in [1.82, 2.24) is 0 Å². The van der Waals surface area contributed by atoms with Crippen molar-refractivity contribution in [2.24, 2.45) is 0 Å². The van der Waals surface area contributed by atoms with E-state index in [1.165, 1.54) is 14.2 Å². The maximum atomic E-state index is 13.6. The summed E-state index contributed by atoms with van der Waals surface area (Å²) in [5, 5.41) is 27.1. The van der Waals surface area contributed by atoms with Crippen LogP contribution in [0.25, 0.3) is 0 Å². The predicted octanol–water partition coefficient (Wildman–Crippen LogP) is 10.1. The normalized spacial score (nSPS) is 11.3. The fraction of sp³-hybridized carbons (Fsp3) is 0.0938. The van der Waals surface area contributed by atoms with Gasteiger partial charge in [-0.05, 0) is 115 Å². The summed E-state index contributed by atoms with van der Waals surface area (Å²) in [6, 6.07) is 75.5. The second-order valence-electron chi connectivity index (χ2n) is 18.1. The van der Waals surface area contributed by atoms with Crippen molar-refractivity contribution in [1.29, 1.82) is 0 Å². The minimum Gasteiger partial charge on any atom is -0.860 e. The Labute approximate surface area is 471 Å². The summed E-state index contributed by atoms with van der Waals surface area (Å²) in [7, 11) is -4.83. The number of ketones is 2. The molecule has 18 heteroatoms. The number of esters is 2. The van der Waals surface area contributed by atoms with Crippen molar-refractivity contribution >= 4 is 77.2 Å². The number of halogens is 6. The number of carbonyl (C=O) groups excluding carboxylic acids is 4. The third-order valence-electron chi connectivity index (χ3n) is 13.0. The van der Waals surface area contributed by atoms with Crippen molar-refractivity contribution < 1.29 is 69.7 Å². The van der Waals surface area contributed by atoms with Crippen LogP contribution in [0, 0.1) is 0 Å². The predicted molar refractivity (Wildman–Crippen MR) is 307 cm³/mol. The first-order chi connectivity index (χ1) is 39.3. The molecule has 9 aromatic carbocycles. The average Bonchev–Trinajstić information content (AvgIpc) is 3.12. The Morgan fingerprint density at radius 1 is 0.378 bits per heavy atom. The van der Waals surface area contributed by atoms with Crippen LogP contribution in [0.1, 0.15) is 52.6 Å². The SMILES string of the molecule is COC(=O)c1ccc(C(=O)C[P+](c2ccccc2)(c2ccccc2)c2ccccc2)cc1.COC(=O)c1ccc(C(=O)C[P+](c2ccccc2)(c2ccccc2)c2ccccc2)cc1.[O-]B([O-])Oc1cc(C(F)(F)F)cc(C(F)(F)F)c1. The Kier molecular flexibility index (Phi) is 20.7. The molecule has 9 rings (SSSR count). The highest BCUT2D eigenvalue weighted by Crippen LogP contribution is 2.57. The quantitative estimate of drug-likeness (QED) is 0.0304. The molecule has 9 nitrogen and oxygen atoms in total. The van der Waals surface area contributed by atoms with Gasteiger partial charge in [0.05, 0.1) is 42.2 Å². The fourth-order valence-electron chi connectivity index (χ4n) is 9.08. The van der Waals surface area contributed by atoms with Gasteiger partial charge in [-0.2, -0.15) is 26.3 Å². The summed E-state index contributed by atoms with van der Waals surface area (Å²) in [5.74, 6) is -1.81. The number of ether oxygens (including phenoxy) is 2. The molecule has 0 saturated carbocycles. The van der Waals surface area contributed by atoms with Crippen LogP contribution in [0.5, 0.6) is 5.75 Å². The molecule has 0 unspecified atom stereocenters. The smallest absolute Gasteiger partial charge is 0.416 e. The van der Waals surface area contributed by atoms with Crippen molar-refractivity contribution in [3.05, 3.63) is 282 Å². The Balaban J connectivity index is 0.000000185. The van der Waals surface area contributed by atoms with Crippen LogP contribution in [0.3, 0.4) is 0 Å². The molecule has 0 N–H and O–H groups in total. The van der Waals surface area contributed by atoms with Gasteiger partial charge in [-0.15, -0.1) is 0 Å². The number of hydrogen-bond acceptors (Lipinski definition) is 9. The van der Waals surface area contributed by atoms with E-state index in [2.05, 4.69) is 77.5 Å². The highest BCUT2D eigenvalue weighted by molar-refractivity contribution is 7.96. The zero-order chi connectivity index (χ0) is 58.9. The number of hydrogen-bond donors (Lipinski definition) is 0. The largest absolute Gasteiger partial charge is 0.860 e. The van der Waals surface area contributed by atoms with Gasteiger partial charge in [0.2, 0.25) is 11.6 Å². The second-order valence-corrected chi connectivity index (χ2v) is 25.1. The lowest BCUT2D eigenvalue weighted by Gasteiger charge is -2.27. The Hall–Kier alpha value is -8.52. The van der Waals surface area contributed by atoms with E-state index >= 15 is 0 Å². The third kappa shape index (κ3) is 15.1. The lowest BCUT2D eigenvalue weighted by molar-refractivity contribution is -0.372. The fourth-order valence-corrected chi connectivity index (χ4v) is 17.3. The van der Waals surface area contributed by atoms with Gasteiger partial charge in [-0.1, -0.05) is 133 Å². The highest BCUT2D eigenvalue weighted by atomic mass is 31.2. The maximum absolute atomic E-state index is 13.6. The van der Waals surface area contributed by atoms with Crippen molar-refractivity contribution in [3.63, 3.8) is 0 Å². The summed E-state index contributed by atoms with van der Waals surface area (Å²) in [6.45, 7) is 0. The molecule has 0 fully saturated rings. The molecule has 0 spiro atoms. The van der Waals surface area contributed by atoms with Gasteiger partial charge in [0.25, 0.3) is 0 Å². The number of Topliss-reactive ketones (excluding diaryl/α,β-unsaturated/α-hetero) is 2. The molecule has 0 radical (unpaired) electrons. The van der Waals surface area contributed by atoms with E-state index < -0.39 is 63.0 Å². The maximum Gasteiger partial charge on any atom is 0.416 e. The van der Waals surface area contributed by atoms with E-state index in [0.29, 0.717) is 34.6 Å². The van der Waals surface area contributed by atoms with Crippen molar-refractivity contribution in [3.8, 4) is 5.75 Å². The first-order valence-corrected chi connectivity index (χ1v) is 29.1. The van der Waals surface area contributed by atoms with Crippen LogP contribution in [0.2, 0.25) is 0 Å². The summed E-state index contributed by atoms with van der Waals surface area (Å²) >= 11 is 0. The van der Waals surface area contributed by atoms with Gasteiger partial charge in [-0.25, -0.2) is 9.59 Å². The van der Waals surface area contributed by atoms with Crippen LogP contribution < -0.4 is 46.5 Å². The van der Waals surface area contributed by atoms with Crippen LogP contribution in [0.4, 0.5) is 26.3 Å². The van der Waals surface area contributed by atoms with Gasteiger partial charge in [0.15, 0.2) is 0 Å². The monoisotopic (exact) mass is 1150 g/mol. The number of carbonyl (C=O) groups is 4. The molecule has 0 amide bonds. The molecule has 9 aromatic rings. The van der Waals surface area contributed by atoms with E-state index in [9.17, 15) is 55.6 Å². The molecule has 0 saturated heterocycles. The number of alkyl halides is 6. The molecule has 0 aliphatic carbocycles. The molecule has 0 aliphatic heterocycles. The Morgan fingerprint density at radius 2 is 0.610 bits per heavy atom. The van der Waals surface area contributed by atoms with Crippen LogP contribution in [-0.4, -0.2) is 57.4 Å². The van der Waals surface area contributed by atoms with Crippen LogP contribution in [0.15, 0.2) is 249 Å². The third-order valence-corrected chi connectivity index (χ3v) is 21.6. The Morgan fingerprint density at radius 3 is 0.817 bits per heavy atom. The zero-order valence-corrected chi connectivity index (χ0v) is 45.8. The highest BCUT2D eigenvalue weighted by Gasteiger charge is 2.49. The van der Waals surface area contributed by atoms with Crippen LogP contribution in [-0.2, 0) is 21.8 Å². The molecular formula is C64H51BF6O9P2. The van der Waals surface area contributed by atoms with E-state index in [4.69, 9.17) is 9.47 Å². The summed E-state index contributed by atoms with van der Waals surface area (Å²) < 4.78 is 87.1. The van der Waals surface area contributed by atoms with Gasteiger partial charge in [0.1, 0.15) is 66.0 Å². The van der Waals surface area contributed by atoms with Gasteiger partial charge in [-0.3, -0.25) is 9.59 Å². The molecule has 0 atom stereocenters. The van der Waals surface area contributed by atoms with E-state index in [1.54, 1.807) is 48.5 Å². The summed E-state index contributed by atoms with van der Waals surface area (Å²) in [6.07, 6.45) is -9.38. The van der Waals surface area contributed by atoms with Gasteiger partial charge < -0.3 is 24.2 Å². The Bertz CT molecular complexity index is 3110. The van der Waals surface area contributed by atoms with Crippen molar-refractivity contribution in [2.75, 3.05) is 26.5 Å². The van der Waals surface area contributed by atoms with Crippen LogP contribution >= 0.6 is 14.5 Å². The minimum atomic E-state index is -5.05. The minimum absolute atomic E-state index is 0.0475. The molecule has 0 bridgehead atoms. The molecule has 0 aliphatic rings. The average molecular weight is 1150 g/mol. The number of methoxy groups -OCH3 is 2. The summed E-state index contributed by atoms with van der Waals surface area (Å²) in [4.78, 5) is 50.8. The molecule has 82 heavy (non-hydrogen) atoms. The number of benzene rings is 9. The van der Waals surface area contributed by atoms with E-state index in [0.717, 1.165) is 31.8 Å². The van der Waals surface area contributed by atoms with Gasteiger partial charge in [0, 0.05) is 11.1 Å². The second kappa shape index (κ2) is 27.8. The number of rotatable bonds is 16. The lowest BCUT2D eigenvalue weighted by Crippen LogP contribution is -2.50. The summed E-state index contributed by atoms with van der Waals surface area (Å²) in [5.41, 5.74) is -1.28. The zero-order valence-electron chi connectivity index (χ0n) is 44.0. The van der Waals surface area contributed by atoms with E-state index in [-0.39, 0.29) is 29.8 Å². The standard InChI is InChI=1S/2C28H24O3P.C8H3BF6O3/c2*1-31-28(30)23-19-17-22(18-20-23)27(29)21-32(24-11-5-2-6-12-24,25-13-7-3-8-14-25)26-15-9-4-10-16-26;10-7(11,12)4-1-5(8(13,14)15)3-6(2-4)18-9(16)17/h2*2-20H,21H2,1H3;1-3H/q2*+1;-2. The molecule has 0 aromatic heterocycles. The van der Waals surface area contributed by atoms with Gasteiger partial charge >= 0.3 is 24.3 Å². The van der Waals surface area contributed by atoms with Crippen molar-refractivity contribution in [2.45, 2.75) is 12.4 Å². The lowest BCUT2D eigenvalue weighted by atomic mass is 10.1.